The Labute approximate surface area is 209 Å². The van der Waals surface area contributed by atoms with Crippen molar-refractivity contribution in [2.24, 2.45) is 0 Å². The van der Waals surface area contributed by atoms with Crippen LogP contribution in [0, 0.1) is 0 Å². The Hall–Kier alpha value is -4.17. The SMILES string of the molecule is COC(=O)c1c(NC(=O)c2ccccc2)c2cc(NCc3ccccc3)cnc2n1C[C@H]1CCCO1. The van der Waals surface area contributed by atoms with E-state index >= 15 is 0 Å². The first-order valence-electron chi connectivity index (χ1n) is 12.0. The number of methoxy groups -OCH3 is 1. The topological polar surface area (TPSA) is 94.5 Å². The molecule has 36 heavy (non-hydrogen) atoms. The summed E-state index contributed by atoms with van der Waals surface area (Å²) in [6, 6.07) is 20.8. The summed E-state index contributed by atoms with van der Waals surface area (Å²) in [4.78, 5) is 30.9. The number of rotatable bonds is 8. The first-order valence-corrected chi connectivity index (χ1v) is 12.0. The minimum absolute atomic E-state index is 0.0423. The summed E-state index contributed by atoms with van der Waals surface area (Å²) < 4.78 is 12.8. The summed E-state index contributed by atoms with van der Waals surface area (Å²) in [7, 11) is 1.33. The van der Waals surface area contributed by atoms with Crippen LogP contribution < -0.4 is 10.6 Å². The summed E-state index contributed by atoms with van der Waals surface area (Å²) >= 11 is 0. The van der Waals surface area contributed by atoms with Gasteiger partial charge in [0.15, 0.2) is 5.69 Å². The second-order valence-electron chi connectivity index (χ2n) is 8.72. The van der Waals surface area contributed by atoms with E-state index in [0.717, 1.165) is 24.1 Å². The van der Waals surface area contributed by atoms with Gasteiger partial charge in [0.1, 0.15) is 5.65 Å². The summed E-state index contributed by atoms with van der Waals surface area (Å²) in [6.45, 7) is 1.74. The molecule has 5 rings (SSSR count). The van der Waals surface area contributed by atoms with Gasteiger partial charge in [-0.15, -0.1) is 0 Å². The Morgan fingerprint density at radius 3 is 2.56 bits per heavy atom. The molecule has 1 amide bonds. The number of fused-ring (bicyclic) bond motifs is 1. The maximum atomic E-state index is 13.1. The van der Waals surface area contributed by atoms with Gasteiger partial charge in [-0.2, -0.15) is 0 Å². The van der Waals surface area contributed by atoms with E-state index in [1.54, 1.807) is 35.0 Å². The van der Waals surface area contributed by atoms with Gasteiger partial charge >= 0.3 is 5.97 Å². The highest BCUT2D eigenvalue weighted by molar-refractivity contribution is 6.14. The molecule has 8 nitrogen and oxygen atoms in total. The largest absolute Gasteiger partial charge is 0.464 e. The minimum Gasteiger partial charge on any atom is -0.464 e. The third kappa shape index (κ3) is 4.94. The molecule has 1 aliphatic heterocycles. The van der Waals surface area contributed by atoms with Crippen molar-refractivity contribution < 1.29 is 19.1 Å². The van der Waals surface area contributed by atoms with Gasteiger partial charge < -0.3 is 24.7 Å². The molecule has 0 unspecified atom stereocenters. The number of benzene rings is 2. The lowest BCUT2D eigenvalue weighted by atomic mass is 10.2. The van der Waals surface area contributed by atoms with Crippen molar-refractivity contribution >= 4 is 34.3 Å². The van der Waals surface area contributed by atoms with E-state index in [0.29, 0.717) is 42.0 Å². The van der Waals surface area contributed by atoms with E-state index < -0.39 is 5.97 Å². The van der Waals surface area contributed by atoms with Crippen LogP contribution in [0.4, 0.5) is 11.4 Å². The molecular weight excluding hydrogens is 456 g/mol. The minimum atomic E-state index is -0.548. The lowest BCUT2D eigenvalue weighted by Crippen LogP contribution is -2.21. The number of aromatic nitrogens is 2. The number of hydrogen-bond acceptors (Lipinski definition) is 6. The molecule has 0 saturated carbocycles. The van der Waals surface area contributed by atoms with Crippen molar-refractivity contribution in [2.75, 3.05) is 24.4 Å². The highest BCUT2D eigenvalue weighted by atomic mass is 16.5. The fourth-order valence-electron chi connectivity index (χ4n) is 4.50. The maximum absolute atomic E-state index is 13.1. The number of ether oxygens (including phenoxy) is 2. The zero-order valence-electron chi connectivity index (χ0n) is 20.1. The molecule has 1 fully saturated rings. The van der Waals surface area contributed by atoms with Crippen LogP contribution in [-0.2, 0) is 22.6 Å². The first-order chi connectivity index (χ1) is 17.6. The van der Waals surface area contributed by atoms with Crippen LogP contribution in [0.2, 0.25) is 0 Å². The van der Waals surface area contributed by atoms with Crippen LogP contribution in [0.15, 0.2) is 72.9 Å². The average molecular weight is 485 g/mol. The Morgan fingerprint density at radius 1 is 1.11 bits per heavy atom. The summed E-state index contributed by atoms with van der Waals surface area (Å²) in [5.74, 6) is -0.868. The third-order valence-electron chi connectivity index (χ3n) is 6.30. The smallest absolute Gasteiger partial charge is 0.356 e. The van der Waals surface area contributed by atoms with Crippen molar-refractivity contribution in [3.63, 3.8) is 0 Å². The predicted molar refractivity (Wildman–Crippen MR) is 138 cm³/mol. The fourth-order valence-corrected chi connectivity index (χ4v) is 4.50. The number of hydrogen-bond donors (Lipinski definition) is 2. The van der Waals surface area contributed by atoms with Gasteiger partial charge in [-0.3, -0.25) is 4.79 Å². The molecule has 2 N–H and O–H groups in total. The molecule has 0 aliphatic carbocycles. The monoisotopic (exact) mass is 484 g/mol. The zero-order valence-corrected chi connectivity index (χ0v) is 20.1. The average Bonchev–Trinajstić information content (AvgIpc) is 3.54. The second kappa shape index (κ2) is 10.6. The van der Waals surface area contributed by atoms with E-state index in [1.807, 2.05) is 42.5 Å². The summed E-state index contributed by atoms with van der Waals surface area (Å²) in [6.07, 6.45) is 3.55. The highest BCUT2D eigenvalue weighted by Crippen LogP contribution is 2.34. The van der Waals surface area contributed by atoms with Gasteiger partial charge in [-0.25, -0.2) is 9.78 Å². The van der Waals surface area contributed by atoms with Crippen LogP contribution in [0.5, 0.6) is 0 Å². The number of carbonyl (C=O) groups excluding carboxylic acids is 2. The molecular formula is C28H28N4O4. The van der Waals surface area contributed by atoms with Crippen LogP contribution in [0.1, 0.15) is 39.3 Å². The molecule has 1 aliphatic rings. The molecule has 3 heterocycles. The van der Waals surface area contributed by atoms with Gasteiger partial charge in [0.2, 0.25) is 0 Å². The lowest BCUT2D eigenvalue weighted by Gasteiger charge is -2.14. The van der Waals surface area contributed by atoms with Gasteiger partial charge in [0.05, 0.1) is 37.3 Å². The molecule has 2 aromatic carbocycles. The summed E-state index contributed by atoms with van der Waals surface area (Å²) in [5, 5.41) is 7.00. The second-order valence-corrected chi connectivity index (χ2v) is 8.72. The quantitative estimate of drug-likeness (QED) is 0.347. The van der Waals surface area contributed by atoms with Crippen molar-refractivity contribution in [1.82, 2.24) is 9.55 Å². The highest BCUT2D eigenvalue weighted by Gasteiger charge is 2.29. The van der Waals surface area contributed by atoms with Crippen LogP contribution in [-0.4, -0.2) is 41.2 Å². The molecule has 2 aromatic heterocycles. The summed E-state index contributed by atoms with van der Waals surface area (Å²) in [5.41, 5.74) is 3.59. The van der Waals surface area contributed by atoms with E-state index in [1.165, 1.54) is 7.11 Å². The van der Waals surface area contributed by atoms with E-state index in [4.69, 9.17) is 14.5 Å². The number of carbonyl (C=O) groups is 2. The Morgan fingerprint density at radius 2 is 1.86 bits per heavy atom. The van der Waals surface area contributed by atoms with Gasteiger partial charge in [0.25, 0.3) is 5.91 Å². The molecule has 8 heteroatoms. The normalized spacial score (nSPS) is 15.1. The number of nitrogens with zero attached hydrogens (tertiary/aromatic N) is 2. The number of pyridine rings is 1. The Bertz CT molecular complexity index is 1360. The number of amides is 1. The molecule has 0 spiro atoms. The number of esters is 1. The fraction of sp³-hybridized carbons (Fsp3) is 0.250. The third-order valence-corrected chi connectivity index (χ3v) is 6.30. The molecule has 184 valence electrons. The van der Waals surface area contributed by atoms with Crippen molar-refractivity contribution in [2.45, 2.75) is 32.0 Å². The molecule has 0 radical (unpaired) electrons. The van der Waals surface area contributed by atoms with Crippen LogP contribution in [0.25, 0.3) is 11.0 Å². The Kier molecular flexibility index (Phi) is 6.95. The first kappa shape index (κ1) is 23.6. The van der Waals surface area contributed by atoms with E-state index in [9.17, 15) is 9.59 Å². The van der Waals surface area contributed by atoms with E-state index in [2.05, 4.69) is 10.6 Å². The standard InChI is InChI=1S/C28H28N4O4/c1-35-28(34)25-24(31-27(33)20-11-6-3-7-12-20)23-15-21(29-16-19-9-4-2-5-10-19)17-30-26(23)32(25)18-22-13-8-14-36-22/h2-7,9-12,15,17,22,29H,8,13-14,16,18H2,1H3,(H,31,33)/t22-/m1/s1. The molecule has 4 aromatic rings. The molecule has 0 bridgehead atoms. The number of nitrogens with one attached hydrogen (secondary N) is 2. The molecule has 1 saturated heterocycles. The lowest BCUT2D eigenvalue weighted by molar-refractivity contribution is 0.0580. The molecule has 1 atom stereocenters. The van der Waals surface area contributed by atoms with Crippen LogP contribution >= 0.6 is 0 Å². The van der Waals surface area contributed by atoms with Crippen molar-refractivity contribution in [1.29, 1.82) is 0 Å². The van der Waals surface area contributed by atoms with Gasteiger partial charge in [-0.1, -0.05) is 48.5 Å². The zero-order chi connectivity index (χ0) is 24.9. The van der Waals surface area contributed by atoms with Crippen molar-refractivity contribution in [3.8, 4) is 0 Å². The van der Waals surface area contributed by atoms with Gasteiger partial charge in [0, 0.05) is 24.1 Å². The van der Waals surface area contributed by atoms with Crippen LogP contribution in [0.3, 0.4) is 0 Å². The Balaban J connectivity index is 1.58. The van der Waals surface area contributed by atoms with E-state index in [-0.39, 0.29) is 17.7 Å². The predicted octanol–water partition coefficient (Wildman–Crippen LogP) is 4.87. The van der Waals surface area contributed by atoms with Gasteiger partial charge in [-0.05, 0) is 36.6 Å². The van der Waals surface area contributed by atoms with Crippen molar-refractivity contribution in [3.05, 3.63) is 89.7 Å². The maximum Gasteiger partial charge on any atom is 0.356 e. The number of anilines is 2.